The number of anilines is 1. The van der Waals surface area contributed by atoms with E-state index in [0.29, 0.717) is 12.2 Å². The van der Waals surface area contributed by atoms with Crippen LogP contribution in [0.2, 0.25) is 0 Å². The maximum Gasteiger partial charge on any atom is 0.251 e. The number of methoxy groups -OCH3 is 1. The van der Waals surface area contributed by atoms with E-state index in [-0.39, 0.29) is 30.5 Å². The van der Waals surface area contributed by atoms with Crippen LogP contribution < -0.4 is 15.4 Å². The van der Waals surface area contributed by atoms with Gasteiger partial charge in [-0.2, -0.15) is 0 Å². The summed E-state index contributed by atoms with van der Waals surface area (Å²) in [6.45, 7) is 0.352. The Morgan fingerprint density at radius 1 is 1.08 bits per heavy atom. The third-order valence-electron chi connectivity index (χ3n) is 3.21. The van der Waals surface area contributed by atoms with Gasteiger partial charge in [-0.3, -0.25) is 9.59 Å². The van der Waals surface area contributed by atoms with Crippen molar-refractivity contribution in [2.45, 2.75) is 0 Å². The molecule has 0 spiro atoms. The van der Waals surface area contributed by atoms with Crippen LogP contribution in [0.4, 0.5) is 10.1 Å². The van der Waals surface area contributed by atoms with Crippen LogP contribution in [0.25, 0.3) is 0 Å². The topological polar surface area (TPSA) is 76.7 Å². The Morgan fingerprint density at radius 3 is 2.52 bits per heavy atom. The summed E-state index contributed by atoms with van der Waals surface area (Å²) in [7, 11) is 1.52. The van der Waals surface area contributed by atoms with Gasteiger partial charge in [0.1, 0.15) is 6.61 Å². The molecule has 2 rings (SSSR count). The van der Waals surface area contributed by atoms with Gasteiger partial charge in [-0.25, -0.2) is 4.39 Å². The molecule has 0 aliphatic heterocycles. The molecule has 2 aromatic rings. The predicted octanol–water partition coefficient (Wildman–Crippen LogP) is 2.22. The number of halogens is 1. The van der Waals surface area contributed by atoms with Gasteiger partial charge in [0.2, 0.25) is 5.91 Å². The lowest BCUT2D eigenvalue weighted by molar-refractivity contribution is -0.115. The van der Waals surface area contributed by atoms with Crippen LogP contribution in [0.5, 0.6) is 5.75 Å². The first kappa shape index (κ1) is 18.4. The molecule has 0 heterocycles. The first-order valence-electron chi connectivity index (χ1n) is 7.64. The van der Waals surface area contributed by atoms with E-state index in [1.807, 2.05) is 0 Å². The lowest BCUT2D eigenvalue weighted by atomic mass is 10.2. The van der Waals surface area contributed by atoms with Crippen LogP contribution in [0, 0.1) is 5.82 Å². The highest BCUT2D eigenvalue weighted by molar-refractivity contribution is 5.99. The summed E-state index contributed by atoms with van der Waals surface area (Å²) in [6.07, 6.45) is 0. The second-order valence-corrected chi connectivity index (χ2v) is 5.08. The lowest BCUT2D eigenvalue weighted by Crippen LogP contribution is -2.32. The van der Waals surface area contributed by atoms with E-state index >= 15 is 0 Å². The molecule has 2 amide bonds. The third-order valence-corrected chi connectivity index (χ3v) is 3.21. The Labute approximate surface area is 144 Å². The molecule has 0 bridgehead atoms. The molecule has 25 heavy (non-hydrogen) atoms. The largest absolute Gasteiger partial charge is 0.488 e. The van der Waals surface area contributed by atoms with Gasteiger partial charge >= 0.3 is 0 Å². The minimum Gasteiger partial charge on any atom is -0.488 e. The number of carbonyl (C=O) groups is 2. The third kappa shape index (κ3) is 5.89. The van der Waals surface area contributed by atoms with Crippen molar-refractivity contribution in [3.63, 3.8) is 0 Å². The van der Waals surface area contributed by atoms with Crippen LogP contribution in [0.3, 0.4) is 0 Å². The number of amides is 2. The Hall–Kier alpha value is -2.93. The van der Waals surface area contributed by atoms with Crippen molar-refractivity contribution < 1.29 is 23.5 Å². The molecule has 0 unspecified atom stereocenters. The number of hydrogen-bond acceptors (Lipinski definition) is 4. The van der Waals surface area contributed by atoms with Crippen molar-refractivity contribution in [3.8, 4) is 5.75 Å². The minimum absolute atomic E-state index is 0.0763. The zero-order valence-corrected chi connectivity index (χ0v) is 13.8. The average Bonchev–Trinajstić information content (AvgIpc) is 2.62. The molecule has 2 aromatic carbocycles. The average molecular weight is 346 g/mol. The van der Waals surface area contributed by atoms with E-state index in [0.717, 1.165) is 6.07 Å². The van der Waals surface area contributed by atoms with Crippen LogP contribution in [0.15, 0.2) is 48.5 Å². The smallest absolute Gasteiger partial charge is 0.251 e. The summed E-state index contributed by atoms with van der Waals surface area (Å²) in [4.78, 5) is 23.7. The van der Waals surface area contributed by atoms with Crippen LogP contribution in [-0.4, -0.2) is 38.7 Å². The van der Waals surface area contributed by atoms with E-state index in [1.165, 1.54) is 19.2 Å². The molecule has 6 nitrogen and oxygen atoms in total. The molecule has 0 saturated carbocycles. The molecule has 0 aliphatic carbocycles. The number of hydrogen-bond donors (Lipinski definition) is 2. The maximum atomic E-state index is 13.9. The summed E-state index contributed by atoms with van der Waals surface area (Å²) < 4.78 is 23.9. The van der Waals surface area contributed by atoms with Gasteiger partial charge in [-0.15, -0.1) is 0 Å². The molecule has 0 saturated heterocycles. The summed E-state index contributed by atoms with van der Waals surface area (Å²) in [5.74, 6) is -1.34. The zero-order valence-electron chi connectivity index (χ0n) is 13.8. The lowest BCUT2D eigenvalue weighted by Gasteiger charge is -2.10. The molecule has 0 radical (unpaired) electrons. The van der Waals surface area contributed by atoms with E-state index < -0.39 is 11.7 Å². The number of carbonyl (C=O) groups excluding carboxylic acids is 2. The fourth-order valence-corrected chi connectivity index (χ4v) is 1.99. The summed E-state index contributed by atoms with van der Waals surface area (Å²) in [6, 6.07) is 12.6. The minimum atomic E-state index is -0.595. The van der Waals surface area contributed by atoms with Crippen molar-refractivity contribution in [2.75, 3.05) is 32.2 Å². The van der Waals surface area contributed by atoms with E-state index in [9.17, 15) is 14.0 Å². The molecule has 0 fully saturated rings. The van der Waals surface area contributed by atoms with Gasteiger partial charge in [0.25, 0.3) is 5.91 Å². The Morgan fingerprint density at radius 2 is 1.84 bits per heavy atom. The maximum absolute atomic E-state index is 13.9. The van der Waals surface area contributed by atoms with Crippen LogP contribution >= 0.6 is 0 Å². The van der Waals surface area contributed by atoms with E-state index in [1.54, 1.807) is 30.3 Å². The van der Waals surface area contributed by atoms with Gasteiger partial charge in [0.15, 0.2) is 11.6 Å². The van der Waals surface area contributed by atoms with Crippen molar-refractivity contribution in [2.24, 2.45) is 0 Å². The monoisotopic (exact) mass is 346 g/mol. The summed E-state index contributed by atoms with van der Waals surface area (Å²) in [5.41, 5.74) is 0.731. The quantitative estimate of drug-likeness (QED) is 0.719. The highest BCUT2D eigenvalue weighted by Gasteiger charge is 2.10. The van der Waals surface area contributed by atoms with Crippen molar-refractivity contribution in [1.29, 1.82) is 0 Å². The highest BCUT2D eigenvalue weighted by atomic mass is 19.1. The van der Waals surface area contributed by atoms with Gasteiger partial charge in [0, 0.05) is 24.4 Å². The standard InChI is InChI=1S/C18H19FN2O4/c1-24-9-10-25-16-8-7-14(11-15(16)19)21-17(22)12-20-18(23)13-5-3-2-4-6-13/h2-8,11H,9-10,12H2,1H3,(H,20,23)(H,21,22). The van der Waals surface area contributed by atoms with Crippen LogP contribution in [0.1, 0.15) is 10.4 Å². The first-order chi connectivity index (χ1) is 12.1. The SMILES string of the molecule is COCCOc1ccc(NC(=O)CNC(=O)c2ccccc2)cc1F. The van der Waals surface area contributed by atoms with Crippen molar-refractivity contribution in [1.82, 2.24) is 5.32 Å². The molecule has 0 aromatic heterocycles. The van der Waals surface area contributed by atoms with Gasteiger partial charge in [-0.05, 0) is 24.3 Å². The summed E-state index contributed by atoms with van der Waals surface area (Å²) in [5, 5.41) is 5.01. The van der Waals surface area contributed by atoms with E-state index in [2.05, 4.69) is 10.6 Å². The normalized spacial score (nSPS) is 10.2. The van der Waals surface area contributed by atoms with Gasteiger partial charge < -0.3 is 20.1 Å². The molecular weight excluding hydrogens is 327 g/mol. The number of rotatable bonds is 8. The molecular formula is C18H19FN2O4. The van der Waals surface area contributed by atoms with E-state index in [4.69, 9.17) is 9.47 Å². The predicted molar refractivity (Wildman–Crippen MR) is 91.2 cm³/mol. The highest BCUT2D eigenvalue weighted by Crippen LogP contribution is 2.21. The number of ether oxygens (including phenoxy) is 2. The Kier molecular flexibility index (Phi) is 6.91. The zero-order chi connectivity index (χ0) is 18.1. The molecule has 132 valence electrons. The summed E-state index contributed by atoms with van der Waals surface area (Å²) >= 11 is 0. The Bertz CT molecular complexity index is 722. The second-order valence-electron chi connectivity index (χ2n) is 5.08. The first-order valence-corrected chi connectivity index (χ1v) is 7.64. The Balaban J connectivity index is 1.84. The van der Waals surface area contributed by atoms with Crippen molar-refractivity contribution in [3.05, 3.63) is 59.9 Å². The fraction of sp³-hybridized carbons (Fsp3) is 0.222. The van der Waals surface area contributed by atoms with Gasteiger partial charge in [0.05, 0.1) is 13.2 Å². The number of benzene rings is 2. The molecule has 0 aliphatic rings. The second kappa shape index (κ2) is 9.39. The molecule has 7 heteroatoms. The van der Waals surface area contributed by atoms with Crippen molar-refractivity contribution >= 4 is 17.5 Å². The fourth-order valence-electron chi connectivity index (χ4n) is 1.99. The van der Waals surface area contributed by atoms with Gasteiger partial charge in [-0.1, -0.05) is 18.2 Å². The molecule has 0 atom stereocenters. The molecule has 2 N–H and O–H groups in total. The number of nitrogens with one attached hydrogen (secondary N) is 2. The van der Waals surface area contributed by atoms with Crippen LogP contribution in [-0.2, 0) is 9.53 Å².